The Bertz CT molecular complexity index is 1910. The van der Waals surface area contributed by atoms with Crippen molar-refractivity contribution < 1.29 is 91.8 Å². The Morgan fingerprint density at radius 1 is 0.273 bits per heavy atom. The maximum Gasteiger partial charge on any atom is 0.651 e. The molecule has 518 valence electrons. The van der Waals surface area contributed by atoms with Crippen LogP contribution in [0, 0.1) is 0 Å². The molecule has 0 radical (unpaired) electrons. The fourth-order valence-electron chi connectivity index (χ4n) is 12.8. The molecule has 7 rings (SSSR count). The van der Waals surface area contributed by atoms with E-state index < -0.39 is 139 Å². The highest BCUT2D eigenvalue weighted by molar-refractivity contribution is 7.05. The average Bonchev–Trinajstić information content (AvgIpc) is 1.70. The van der Waals surface area contributed by atoms with Crippen LogP contribution in [-0.2, 0) is 91.8 Å². The zero-order valence-corrected chi connectivity index (χ0v) is 74.9. The van der Waals surface area contributed by atoms with E-state index in [2.05, 4.69) is 158 Å². The van der Waals surface area contributed by atoms with Gasteiger partial charge in [0.15, 0.2) is 66.5 Å². The number of hydrogen-bond acceptors (Lipinski definition) is 22. The molecule has 7 heterocycles. The Kier molecular flexibility index (Phi) is 28.4. The van der Waals surface area contributed by atoms with Crippen LogP contribution in [0.3, 0.4) is 0 Å². The van der Waals surface area contributed by atoms with Crippen molar-refractivity contribution in [3.05, 3.63) is 0 Å². The van der Waals surface area contributed by atoms with E-state index >= 15 is 0 Å². The molecule has 7 fully saturated rings. The van der Waals surface area contributed by atoms with Crippen LogP contribution < -0.4 is 0 Å². The van der Waals surface area contributed by atoms with Crippen LogP contribution in [0.4, 0.5) is 0 Å². The van der Waals surface area contributed by atoms with Gasteiger partial charge in [-0.3, -0.25) is 0 Å². The van der Waals surface area contributed by atoms with E-state index in [0.717, 1.165) is 0 Å². The summed E-state index contributed by atoms with van der Waals surface area (Å²) in [6.07, 6.45) is 0.772. The Balaban J connectivity index is 1.98. The van der Waals surface area contributed by atoms with Gasteiger partial charge in [0.05, 0.1) is 13.2 Å². The molecule has 1 unspecified atom stereocenters. The normalized spacial score (nSPS) is 32.3. The van der Waals surface area contributed by atoms with Crippen LogP contribution in [0.1, 0.15) is 152 Å². The first-order valence-corrected chi connectivity index (χ1v) is 68.6. The molecule has 8 bridgehead atoms. The largest absolute Gasteiger partial charge is 0.651 e. The molecule has 7 aliphatic heterocycles. The van der Waals surface area contributed by atoms with E-state index in [1.807, 2.05) is 0 Å². The maximum atomic E-state index is 8.26. The molecule has 0 spiro atoms. The Hall–Kier alpha value is 2.59. The van der Waals surface area contributed by atoms with E-state index in [9.17, 15) is 0 Å². The molecule has 0 aliphatic carbocycles. The van der Waals surface area contributed by atoms with Gasteiger partial charge in [0, 0.05) is 6.61 Å². The van der Waals surface area contributed by atoms with Gasteiger partial charge >= 0.3 is 72.4 Å². The minimum atomic E-state index is -5.34. The first-order chi connectivity index (χ1) is 41.5. The van der Waals surface area contributed by atoms with Gasteiger partial charge in [-0.05, 0) is 152 Å². The number of ether oxygens (including phenoxy) is 2. The van der Waals surface area contributed by atoms with Crippen molar-refractivity contribution in [2.24, 2.45) is 0 Å². The Labute approximate surface area is 550 Å². The molecule has 38 heteroatoms. The maximum absolute atomic E-state index is 8.26. The molecule has 0 aromatic carbocycles. The van der Waals surface area contributed by atoms with E-state index in [1.165, 1.54) is 0 Å². The smallest absolute Gasteiger partial charge is 0.395 e. The summed E-state index contributed by atoms with van der Waals surface area (Å²) in [6.45, 7) is 51.3. The second-order valence-electron chi connectivity index (χ2n) is 25.6. The minimum Gasteiger partial charge on any atom is -0.395 e. The Morgan fingerprint density at radius 2 is 0.432 bits per heavy atom. The quantitative estimate of drug-likeness (QED) is 0.0316. The summed E-state index contributed by atoms with van der Waals surface area (Å²) in [4.78, 5) is 0. The molecule has 0 amide bonds. The summed E-state index contributed by atoms with van der Waals surface area (Å²) in [7, 11) is -67.1. The second-order valence-corrected chi connectivity index (χ2v) is 85.4. The van der Waals surface area contributed by atoms with Crippen LogP contribution in [0.15, 0.2) is 0 Å². The zero-order valence-electron chi connectivity index (χ0n) is 58.9. The summed E-state index contributed by atoms with van der Waals surface area (Å²) in [5.74, 6) is 0. The van der Waals surface area contributed by atoms with Crippen LogP contribution >= 0.6 is 0 Å². The topological polar surface area (TPSA) is 206 Å². The number of epoxide rings is 1. The summed E-state index contributed by atoms with van der Waals surface area (Å²) >= 11 is 0. The highest BCUT2D eigenvalue weighted by Crippen LogP contribution is 2.56. The fourth-order valence-corrected chi connectivity index (χ4v) is 95.1. The molecule has 0 saturated carbocycles. The van der Waals surface area contributed by atoms with Gasteiger partial charge in [-0.1, -0.05) is 145 Å². The van der Waals surface area contributed by atoms with Gasteiger partial charge in [-0.2, -0.15) is 0 Å². The van der Waals surface area contributed by atoms with Crippen LogP contribution in [0.2, 0.25) is 146 Å². The first-order valence-electron chi connectivity index (χ1n) is 34.7. The summed E-state index contributed by atoms with van der Waals surface area (Å²) in [5, 5.41) is 0. The lowest BCUT2D eigenvalue weighted by molar-refractivity contribution is -0.130. The lowest BCUT2D eigenvalue weighted by Gasteiger charge is -2.62. The number of hydrogen-bond donors (Lipinski definition) is 0. The third-order valence-corrected chi connectivity index (χ3v) is 96.1. The fraction of sp³-hybridized carbons (Fsp3) is 1.00. The molecule has 22 nitrogen and oxygen atoms in total. The third kappa shape index (κ3) is 17.4. The van der Waals surface area contributed by atoms with Crippen molar-refractivity contribution in [1.82, 2.24) is 0 Å². The molecular formula is C50H122O22Si16. The van der Waals surface area contributed by atoms with Crippen molar-refractivity contribution in [3.8, 4) is 0 Å². The van der Waals surface area contributed by atoms with Gasteiger partial charge < -0.3 is 91.8 Å². The molecular weight excluding hydrogens is 1400 g/mol. The van der Waals surface area contributed by atoms with E-state index in [0.29, 0.717) is 159 Å². The van der Waals surface area contributed by atoms with Crippen molar-refractivity contribution in [1.29, 1.82) is 0 Å². The van der Waals surface area contributed by atoms with Crippen molar-refractivity contribution in [2.75, 3.05) is 19.8 Å². The minimum absolute atomic E-state index is 0.121. The molecule has 0 aromatic heterocycles. The van der Waals surface area contributed by atoms with Crippen LogP contribution in [-0.4, -0.2) is 165 Å². The predicted molar refractivity (Wildman–Crippen MR) is 376 cm³/mol. The van der Waals surface area contributed by atoms with E-state index in [1.54, 1.807) is 0 Å². The molecule has 0 aromatic rings. The third-order valence-electron chi connectivity index (χ3n) is 21.1. The van der Waals surface area contributed by atoms with Crippen LogP contribution in [0.5, 0.6) is 0 Å². The molecule has 88 heavy (non-hydrogen) atoms. The lowest BCUT2D eigenvalue weighted by atomic mass is 10.5. The van der Waals surface area contributed by atoms with Gasteiger partial charge in [0.1, 0.15) is 6.10 Å². The van der Waals surface area contributed by atoms with Gasteiger partial charge in [-0.25, -0.2) is 0 Å². The summed E-state index contributed by atoms with van der Waals surface area (Å²) in [6, 6.07) is 14.2. The highest BCUT2D eigenvalue weighted by atomic mass is 28.7. The average molecular weight is 1520 g/mol. The van der Waals surface area contributed by atoms with Gasteiger partial charge in [0.2, 0.25) is 0 Å². The van der Waals surface area contributed by atoms with E-state index in [-0.39, 0.29) is 6.10 Å². The highest BCUT2D eigenvalue weighted by Gasteiger charge is 2.93. The first kappa shape index (κ1) is 79.6. The molecule has 0 N–H and O–H groups in total. The van der Waals surface area contributed by atoms with Crippen LogP contribution in [0.25, 0.3) is 0 Å². The zero-order chi connectivity index (χ0) is 65.5. The lowest BCUT2D eigenvalue weighted by Crippen LogP contribution is -2.93. The van der Waals surface area contributed by atoms with Crippen molar-refractivity contribution in [3.63, 3.8) is 0 Å². The second kappa shape index (κ2) is 31.4. The standard InChI is InChI=1S/C50H122O22Si16/c1-24-74(25-2,26-3)54-82-61-81(53-73(22,23)47-45-46-51-48-50-49-52-50)62-83(55-75(27-4,28-5)29-6)66-85(64-82,57-77(33-10,34-11)35-12)70-88(60-80(42-19,43-20)44-21)71-86(65-82,58-78(36-13,37-14)38-15)67-84(63-81,56-76(30-7,31-8)32-9)69-87(68-83,72-88)59-79(39-16,40-17)41-18/h50H,24-49H2,1-23H3. The number of rotatable bonds is 43. The monoisotopic (exact) mass is 1520 g/mol. The molecule has 1 atom stereocenters. The van der Waals surface area contributed by atoms with Gasteiger partial charge in [0.25, 0.3) is 0 Å². The molecule has 7 aliphatic rings. The SMILES string of the molecule is CC[Si](CC)(CC)O[Si]12O[Si]3(O[Si](C)(C)CCCOCC4CO4)O[Si]4(O[Si](CC)(CC)CC)O[Si](O[Si](CC)(CC)CC)(O1)O[Si]1(O[Si](CC)(CC)CC)O[Si](O[Si](CC)(CC)CC)(O2)O[Si](O[Si](CC)(CC)CC)(O3)O[Si](O[Si](CC)(CC)CC)(O4)O1. The molecule has 7 saturated heterocycles. The summed E-state index contributed by atoms with van der Waals surface area (Å²) in [5.41, 5.74) is 0. The summed E-state index contributed by atoms with van der Waals surface area (Å²) < 4.78 is 175. The van der Waals surface area contributed by atoms with E-state index in [4.69, 9.17) is 91.8 Å². The van der Waals surface area contributed by atoms with Gasteiger partial charge in [-0.15, -0.1) is 0 Å². The predicted octanol–water partition coefficient (Wildman–Crippen LogP) is 14.9. The Morgan fingerprint density at radius 3 is 0.580 bits per heavy atom. The van der Waals surface area contributed by atoms with Crippen molar-refractivity contribution in [2.45, 2.75) is 304 Å². The van der Waals surface area contributed by atoms with Crippen molar-refractivity contribution >= 4 is 139 Å².